The van der Waals surface area contributed by atoms with Crippen molar-refractivity contribution in [2.24, 2.45) is 0 Å². The van der Waals surface area contributed by atoms with Crippen LogP contribution in [0, 0.1) is 0 Å². The highest BCUT2D eigenvalue weighted by atomic mass is 19.4. The van der Waals surface area contributed by atoms with Crippen LogP contribution in [0.1, 0.15) is 24.2 Å². The van der Waals surface area contributed by atoms with Crippen LogP contribution in [0.3, 0.4) is 0 Å². The van der Waals surface area contributed by atoms with Gasteiger partial charge in [0.05, 0.1) is 17.6 Å². The quantitative estimate of drug-likeness (QED) is 0.715. The Balaban J connectivity index is 0.000000298. The minimum absolute atomic E-state index is 0.853. The van der Waals surface area contributed by atoms with E-state index in [4.69, 9.17) is 14.9 Å². The van der Waals surface area contributed by atoms with Crippen molar-refractivity contribution in [2.75, 3.05) is 13.1 Å². The fourth-order valence-corrected chi connectivity index (χ4v) is 3.23. The number of fused-ring (bicyclic) bond motifs is 1. The summed E-state index contributed by atoms with van der Waals surface area (Å²) >= 11 is 0. The first kappa shape index (κ1) is 20.8. The number of aliphatic carboxylic acids is 1. The summed E-state index contributed by atoms with van der Waals surface area (Å²) in [5.41, 5.74) is 3.57. The number of aromatic nitrogens is 3. The zero-order chi connectivity index (χ0) is 20.9. The van der Waals surface area contributed by atoms with Crippen LogP contribution in [0.5, 0.6) is 0 Å². The summed E-state index contributed by atoms with van der Waals surface area (Å²) in [7, 11) is 0. The third-order valence-corrected chi connectivity index (χ3v) is 4.63. The number of nitrogens with zero attached hydrogens (tertiary/aromatic N) is 4. The van der Waals surface area contributed by atoms with Crippen molar-refractivity contribution in [3.8, 4) is 0 Å². The van der Waals surface area contributed by atoms with E-state index in [2.05, 4.69) is 50.8 Å². The summed E-state index contributed by atoms with van der Waals surface area (Å²) in [4.78, 5) is 20.4. The number of hydrogen-bond donors (Lipinski definition) is 1. The fourth-order valence-electron chi connectivity index (χ4n) is 3.23. The van der Waals surface area contributed by atoms with Crippen LogP contribution >= 0.6 is 0 Å². The Morgan fingerprint density at radius 2 is 1.66 bits per heavy atom. The third-order valence-electron chi connectivity index (χ3n) is 4.63. The van der Waals surface area contributed by atoms with E-state index in [0.29, 0.717) is 0 Å². The van der Waals surface area contributed by atoms with Gasteiger partial charge in [-0.2, -0.15) is 13.2 Å². The molecule has 1 aromatic carbocycles. The molecule has 2 aromatic heterocycles. The molecule has 0 aliphatic carbocycles. The molecule has 0 amide bonds. The van der Waals surface area contributed by atoms with E-state index in [1.54, 1.807) is 0 Å². The average Bonchev–Trinajstić information content (AvgIpc) is 3.31. The second kappa shape index (κ2) is 9.04. The molecule has 0 saturated carbocycles. The van der Waals surface area contributed by atoms with E-state index in [1.165, 1.54) is 42.8 Å². The molecular formula is C20H21F3N4O2. The summed E-state index contributed by atoms with van der Waals surface area (Å²) in [6.07, 6.45) is 1.25. The summed E-state index contributed by atoms with van der Waals surface area (Å²) in [6, 6.07) is 12.6. The largest absolute Gasteiger partial charge is 0.490 e. The maximum absolute atomic E-state index is 10.6. The zero-order valence-electron chi connectivity index (χ0n) is 15.6. The molecule has 4 rings (SSSR count). The van der Waals surface area contributed by atoms with Crippen molar-refractivity contribution in [1.29, 1.82) is 0 Å². The van der Waals surface area contributed by atoms with Crippen molar-refractivity contribution < 1.29 is 23.1 Å². The number of likely N-dealkylation sites (tertiary alicyclic amines) is 1. The standard InChI is InChI=1S/C18H20N4.C2HF3O2/c1-2-6-17-16(5-1)20-18(14-21-11-3-4-12-21)22(17)13-15-7-9-19-10-8-15;3-2(4,5)1(6)7/h1-2,5-10H,3-4,11-14H2;(H,6,7). The van der Waals surface area contributed by atoms with Crippen LogP contribution in [0.25, 0.3) is 11.0 Å². The van der Waals surface area contributed by atoms with Gasteiger partial charge in [0.1, 0.15) is 5.82 Å². The first-order valence-electron chi connectivity index (χ1n) is 9.20. The van der Waals surface area contributed by atoms with Gasteiger partial charge in [0.25, 0.3) is 0 Å². The van der Waals surface area contributed by atoms with Crippen LogP contribution in [0.2, 0.25) is 0 Å². The van der Waals surface area contributed by atoms with Gasteiger partial charge in [-0.25, -0.2) is 9.78 Å². The molecular weight excluding hydrogens is 385 g/mol. The molecule has 6 nitrogen and oxygen atoms in total. The van der Waals surface area contributed by atoms with Crippen LogP contribution in [-0.4, -0.2) is 49.8 Å². The van der Waals surface area contributed by atoms with Crippen molar-refractivity contribution >= 4 is 17.0 Å². The van der Waals surface area contributed by atoms with Crippen LogP contribution in [0.15, 0.2) is 48.8 Å². The number of pyridine rings is 1. The van der Waals surface area contributed by atoms with Crippen LogP contribution in [0.4, 0.5) is 13.2 Å². The zero-order valence-corrected chi connectivity index (χ0v) is 15.6. The first-order chi connectivity index (χ1) is 13.8. The predicted octanol–water partition coefficient (Wildman–Crippen LogP) is 3.71. The number of carboxylic acids is 1. The molecule has 9 heteroatoms. The molecule has 154 valence electrons. The molecule has 0 bridgehead atoms. The number of para-hydroxylation sites is 2. The summed E-state index contributed by atoms with van der Waals surface area (Å²) < 4.78 is 34.1. The van der Waals surface area contributed by atoms with Crippen molar-refractivity contribution in [3.05, 3.63) is 60.2 Å². The van der Waals surface area contributed by atoms with Gasteiger partial charge in [-0.15, -0.1) is 0 Å². The monoisotopic (exact) mass is 406 g/mol. The lowest BCUT2D eigenvalue weighted by Gasteiger charge is -2.16. The lowest BCUT2D eigenvalue weighted by Crippen LogP contribution is -2.21. The lowest BCUT2D eigenvalue weighted by molar-refractivity contribution is -0.192. The van der Waals surface area contributed by atoms with Gasteiger partial charge in [0, 0.05) is 18.9 Å². The van der Waals surface area contributed by atoms with Gasteiger partial charge in [-0.05, 0) is 55.8 Å². The highest BCUT2D eigenvalue weighted by molar-refractivity contribution is 5.76. The molecule has 0 radical (unpaired) electrons. The number of halogens is 3. The molecule has 0 unspecified atom stereocenters. The Kier molecular flexibility index (Phi) is 6.48. The normalized spacial score (nSPS) is 14.6. The Hall–Kier alpha value is -2.94. The second-order valence-corrected chi connectivity index (χ2v) is 6.74. The molecule has 0 spiro atoms. The van der Waals surface area contributed by atoms with Gasteiger partial charge in [-0.1, -0.05) is 12.1 Å². The topological polar surface area (TPSA) is 71.2 Å². The Morgan fingerprint density at radius 3 is 2.28 bits per heavy atom. The maximum Gasteiger partial charge on any atom is 0.490 e. The van der Waals surface area contributed by atoms with E-state index < -0.39 is 12.1 Å². The minimum Gasteiger partial charge on any atom is -0.475 e. The van der Waals surface area contributed by atoms with E-state index in [-0.39, 0.29) is 0 Å². The molecule has 1 N–H and O–H groups in total. The number of hydrogen-bond acceptors (Lipinski definition) is 4. The van der Waals surface area contributed by atoms with Crippen molar-refractivity contribution in [3.63, 3.8) is 0 Å². The number of rotatable bonds is 4. The van der Waals surface area contributed by atoms with Crippen molar-refractivity contribution in [2.45, 2.75) is 32.1 Å². The number of imidazole rings is 1. The number of carboxylic acid groups (broad SMARTS) is 1. The summed E-state index contributed by atoms with van der Waals surface area (Å²) in [5.74, 6) is -1.59. The Morgan fingerprint density at radius 1 is 1.03 bits per heavy atom. The minimum atomic E-state index is -5.08. The third kappa shape index (κ3) is 5.54. The smallest absolute Gasteiger partial charge is 0.475 e. The average molecular weight is 406 g/mol. The van der Waals surface area contributed by atoms with Gasteiger partial charge in [0.15, 0.2) is 0 Å². The summed E-state index contributed by atoms with van der Waals surface area (Å²) in [5, 5.41) is 7.12. The highest BCUT2D eigenvalue weighted by Gasteiger charge is 2.38. The lowest BCUT2D eigenvalue weighted by atomic mass is 10.2. The number of benzene rings is 1. The fraction of sp³-hybridized carbons (Fsp3) is 0.350. The molecule has 1 aliphatic rings. The summed E-state index contributed by atoms with van der Waals surface area (Å²) in [6.45, 7) is 4.18. The molecule has 0 atom stereocenters. The van der Waals surface area contributed by atoms with Gasteiger partial charge < -0.3 is 9.67 Å². The number of alkyl halides is 3. The SMILES string of the molecule is O=C(O)C(F)(F)F.c1ccc2c(c1)nc(CN1CCCC1)n2Cc1ccncc1. The molecule has 1 fully saturated rings. The first-order valence-corrected chi connectivity index (χ1v) is 9.20. The molecule has 3 heterocycles. The molecule has 1 aliphatic heterocycles. The maximum atomic E-state index is 10.6. The Labute approximate surface area is 165 Å². The van der Waals surface area contributed by atoms with Gasteiger partial charge in [-0.3, -0.25) is 9.88 Å². The van der Waals surface area contributed by atoms with Crippen LogP contribution in [-0.2, 0) is 17.9 Å². The van der Waals surface area contributed by atoms with E-state index in [9.17, 15) is 13.2 Å². The van der Waals surface area contributed by atoms with Crippen molar-refractivity contribution in [1.82, 2.24) is 19.4 Å². The molecule has 3 aromatic rings. The van der Waals surface area contributed by atoms with Crippen LogP contribution < -0.4 is 0 Å². The predicted molar refractivity (Wildman–Crippen MR) is 101 cm³/mol. The highest BCUT2D eigenvalue weighted by Crippen LogP contribution is 2.20. The molecule has 29 heavy (non-hydrogen) atoms. The molecule has 1 saturated heterocycles. The van der Waals surface area contributed by atoms with E-state index in [0.717, 1.165) is 18.6 Å². The van der Waals surface area contributed by atoms with E-state index >= 15 is 0 Å². The van der Waals surface area contributed by atoms with Gasteiger partial charge in [0.2, 0.25) is 0 Å². The van der Waals surface area contributed by atoms with Gasteiger partial charge >= 0.3 is 12.1 Å². The van der Waals surface area contributed by atoms with E-state index in [1.807, 2.05) is 12.4 Å². The second-order valence-electron chi connectivity index (χ2n) is 6.74. The number of carbonyl (C=O) groups is 1. The Bertz CT molecular complexity index is 951.